The number of carbonyl (C=O) groups is 2. The topological polar surface area (TPSA) is 141 Å². The first-order chi connectivity index (χ1) is 23.4. The van der Waals surface area contributed by atoms with E-state index in [9.17, 15) is 14.0 Å². The molecule has 13 nitrogen and oxygen atoms in total. The molecular weight excluding hydrogens is 633 g/mol. The fourth-order valence-electron chi connectivity index (χ4n) is 6.51. The van der Waals surface area contributed by atoms with E-state index >= 15 is 0 Å². The van der Waals surface area contributed by atoms with Crippen LogP contribution >= 0.6 is 0 Å². The molecule has 2 aliphatic rings. The number of hydrogen-bond donors (Lipinski definition) is 2. The third-order valence-corrected chi connectivity index (χ3v) is 9.23. The summed E-state index contributed by atoms with van der Waals surface area (Å²) < 4.78 is 38.1. The van der Waals surface area contributed by atoms with Crippen LogP contribution < -0.4 is 24.8 Å². The average Bonchev–Trinajstić information content (AvgIpc) is 3.50. The Morgan fingerprint density at radius 2 is 1.76 bits per heavy atom. The Bertz CT molecular complexity index is 1870. The molecule has 49 heavy (non-hydrogen) atoms. The van der Waals surface area contributed by atoms with Gasteiger partial charge in [0, 0.05) is 60.1 Å². The van der Waals surface area contributed by atoms with Crippen molar-refractivity contribution in [2.24, 2.45) is 5.92 Å². The molecule has 2 fully saturated rings. The summed E-state index contributed by atoms with van der Waals surface area (Å²) in [6, 6.07) is 8.43. The van der Waals surface area contributed by atoms with Gasteiger partial charge in [-0.25, -0.2) is 19.2 Å². The van der Waals surface area contributed by atoms with E-state index in [0.29, 0.717) is 65.8 Å². The SMILES string of the molecule is COc1ccc(CNc2nc3cc(OC)c(F)cc3c3nc([C@@H]4CC[C@H](C)N(C(=O)C5CC(NC(=O)OC(C)(C)C)C5)C4)nn23)c(OC)c1. The molecule has 1 saturated heterocycles. The summed E-state index contributed by atoms with van der Waals surface area (Å²) in [7, 11) is 4.60. The van der Waals surface area contributed by atoms with Crippen LogP contribution in [0.5, 0.6) is 17.2 Å². The predicted molar refractivity (Wildman–Crippen MR) is 181 cm³/mol. The van der Waals surface area contributed by atoms with Crippen molar-refractivity contribution in [1.82, 2.24) is 29.8 Å². The highest BCUT2D eigenvalue weighted by atomic mass is 19.1. The van der Waals surface area contributed by atoms with Gasteiger partial charge in [-0.3, -0.25) is 4.79 Å². The summed E-state index contributed by atoms with van der Waals surface area (Å²) >= 11 is 0. The van der Waals surface area contributed by atoms with Crippen molar-refractivity contribution in [1.29, 1.82) is 0 Å². The van der Waals surface area contributed by atoms with Crippen LogP contribution in [0.2, 0.25) is 0 Å². The Balaban J connectivity index is 1.25. The molecule has 0 unspecified atom stereocenters. The molecule has 0 radical (unpaired) electrons. The van der Waals surface area contributed by atoms with Crippen LogP contribution in [0.4, 0.5) is 15.1 Å². The summed E-state index contributed by atoms with van der Waals surface area (Å²) in [4.78, 5) is 37.5. The lowest BCUT2D eigenvalue weighted by molar-refractivity contribution is -0.142. The summed E-state index contributed by atoms with van der Waals surface area (Å²) in [5.41, 5.74) is 1.21. The minimum absolute atomic E-state index is 0.0550. The van der Waals surface area contributed by atoms with Gasteiger partial charge in [-0.2, -0.15) is 4.52 Å². The Hall–Kier alpha value is -4.88. The Morgan fingerprint density at radius 1 is 1.00 bits per heavy atom. The standard InChI is InChI=1S/C35H44FN7O6/c1-19-8-9-21(18-42(19)32(44)22-12-23(13-22)38-34(45)49-35(2,3)4)30-40-31-25-15-26(36)29(48-7)16-27(25)39-33(43(31)41-30)37-17-20-10-11-24(46-5)14-28(20)47-6/h10-11,14-16,19,21-23H,8-9,12-13,17-18H2,1-7H3,(H,37,39)(H,38,45)/t19-,21+,22?,23?/m0/s1. The summed E-state index contributed by atoms with van der Waals surface area (Å²) in [6.07, 6.45) is 2.24. The van der Waals surface area contributed by atoms with E-state index in [4.69, 9.17) is 34.0 Å². The zero-order chi connectivity index (χ0) is 35.0. The Labute approximate surface area is 284 Å². The number of hydrogen-bond acceptors (Lipinski definition) is 10. The van der Waals surface area contributed by atoms with E-state index in [0.717, 1.165) is 18.4 Å². The number of anilines is 1. The van der Waals surface area contributed by atoms with E-state index < -0.39 is 17.5 Å². The number of amides is 2. The zero-order valence-electron chi connectivity index (χ0n) is 29.0. The number of nitrogens with zero attached hydrogens (tertiary/aromatic N) is 5. The van der Waals surface area contributed by atoms with Crippen molar-refractivity contribution in [3.8, 4) is 17.2 Å². The number of rotatable bonds is 9. The normalized spacial score (nSPS) is 20.9. The summed E-state index contributed by atoms with van der Waals surface area (Å²) in [5, 5.41) is 11.6. The number of methoxy groups -OCH3 is 3. The van der Waals surface area contributed by atoms with E-state index in [-0.39, 0.29) is 35.6 Å². The molecule has 4 aromatic rings. The molecule has 2 N–H and O–H groups in total. The maximum Gasteiger partial charge on any atom is 0.407 e. The summed E-state index contributed by atoms with van der Waals surface area (Å²) in [6.45, 7) is 8.31. The van der Waals surface area contributed by atoms with Crippen LogP contribution in [0, 0.1) is 11.7 Å². The fraction of sp³-hybridized carbons (Fsp3) is 0.514. The monoisotopic (exact) mass is 677 g/mol. The van der Waals surface area contributed by atoms with Gasteiger partial charge in [0.05, 0.1) is 26.8 Å². The van der Waals surface area contributed by atoms with E-state index in [1.165, 1.54) is 13.2 Å². The molecule has 2 atom stereocenters. The number of ether oxygens (including phenoxy) is 4. The second kappa shape index (κ2) is 13.6. The van der Waals surface area contributed by atoms with Gasteiger partial charge in [0.15, 0.2) is 23.0 Å². The van der Waals surface area contributed by atoms with Crippen molar-refractivity contribution in [3.05, 3.63) is 47.5 Å². The molecule has 6 rings (SSSR count). The highest BCUT2D eigenvalue weighted by molar-refractivity contribution is 5.93. The van der Waals surface area contributed by atoms with Gasteiger partial charge < -0.3 is 34.5 Å². The predicted octanol–water partition coefficient (Wildman–Crippen LogP) is 5.45. The minimum atomic E-state index is -0.586. The first kappa shape index (κ1) is 34.0. The number of nitrogens with one attached hydrogen (secondary N) is 2. The van der Waals surface area contributed by atoms with Crippen LogP contribution in [-0.2, 0) is 16.1 Å². The Morgan fingerprint density at radius 3 is 2.45 bits per heavy atom. The molecule has 2 aromatic heterocycles. The van der Waals surface area contributed by atoms with Crippen LogP contribution in [0.15, 0.2) is 30.3 Å². The van der Waals surface area contributed by atoms with Crippen molar-refractivity contribution in [2.75, 3.05) is 33.2 Å². The largest absolute Gasteiger partial charge is 0.497 e. The maximum absolute atomic E-state index is 15.0. The van der Waals surface area contributed by atoms with Crippen LogP contribution in [0.3, 0.4) is 0 Å². The molecule has 2 aromatic carbocycles. The van der Waals surface area contributed by atoms with Crippen LogP contribution in [-0.4, -0.2) is 82.0 Å². The number of aromatic nitrogens is 4. The van der Waals surface area contributed by atoms with Crippen molar-refractivity contribution in [3.63, 3.8) is 0 Å². The number of fused-ring (bicyclic) bond motifs is 3. The van der Waals surface area contributed by atoms with E-state index in [1.54, 1.807) is 30.9 Å². The number of likely N-dealkylation sites (tertiary alicyclic amines) is 1. The van der Waals surface area contributed by atoms with Crippen molar-refractivity contribution >= 4 is 34.5 Å². The highest BCUT2D eigenvalue weighted by Gasteiger charge is 2.41. The first-order valence-electron chi connectivity index (χ1n) is 16.6. The molecule has 3 heterocycles. The lowest BCUT2D eigenvalue weighted by atomic mass is 9.78. The molecule has 1 aliphatic heterocycles. The first-order valence-corrected chi connectivity index (χ1v) is 16.6. The van der Waals surface area contributed by atoms with Crippen LogP contribution in [0.1, 0.15) is 70.7 Å². The number of alkyl carbamates (subject to hydrolysis) is 1. The molecule has 14 heteroatoms. The second-order valence-corrected chi connectivity index (χ2v) is 13.8. The summed E-state index contributed by atoms with van der Waals surface area (Å²) in [5.74, 6) is 1.58. The quantitative estimate of drug-likeness (QED) is 0.235. The minimum Gasteiger partial charge on any atom is -0.497 e. The van der Waals surface area contributed by atoms with Gasteiger partial charge in [0.25, 0.3) is 0 Å². The lowest BCUT2D eigenvalue weighted by Crippen LogP contribution is -2.54. The number of benzene rings is 2. The third kappa shape index (κ3) is 7.13. The smallest absolute Gasteiger partial charge is 0.407 e. The fourth-order valence-corrected chi connectivity index (χ4v) is 6.51. The lowest BCUT2D eigenvalue weighted by Gasteiger charge is -2.43. The van der Waals surface area contributed by atoms with Crippen molar-refractivity contribution in [2.45, 2.75) is 83.5 Å². The number of halogens is 1. The van der Waals surface area contributed by atoms with Gasteiger partial charge in [-0.05, 0) is 71.6 Å². The average molecular weight is 678 g/mol. The van der Waals surface area contributed by atoms with Gasteiger partial charge in [-0.1, -0.05) is 0 Å². The molecule has 1 saturated carbocycles. The van der Waals surface area contributed by atoms with E-state index in [2.05, 4.69) is 17.6 Å². The molecule has 2 amide bonds. The number of carbonyl (C=O) groups excluding carboxylic acids is 2. The molecular formula is C35H44FN7O6. The maximum atomic E-state index is 15.0. The molecule has 262 valence electrons. The zero-order valence-corrected chi connectivity index (χ0v) is 29.0. The van der Waals surface area contributed by atoms with Gasteiger partial charge in [0.1, 0.15) is 17.1 Å². The Kier molecular flexibility index (Phi) is 9.41. The molecule has 1 aliphatic carbocycles. The van der Waals surface area contributed by atoms with Crippen molar-refractivity contribution < 1.29 is 32.9 Å². The molecule has 0 bridgehead atoms. The third-order valence-electron chi connectivity index (χ3n) is 9.23. The van der Waals surface area contributed by atoms with E-state index in [1.807, 2.05) is 37.8 Å². The van der Waals surface area contributed by atoms with Gasteiger partial charge in [0.2, 0.25) is 11.9 Å². The van der Waals surface area contributed by atoms with Gasteiger partial charge >= 0.3 is 6.09 Å². The highest BCUT2D eigenvalue weighted by Crippen LogP contribution is 2.36. The number of piperidine rings is 1. The molecule has 0 spiro atoms. The van der Waals surface area contributed by atoms with Gasteiger partial charge in [-0.15, -0.1) is 5.10 Å². The van der Waals surface area contributed by atoms with Crippen LogP contribution in [0.25, 0.3) is 16.6 Å². The second-order valence-electron chi connectivity index (χ2n) is 13.8.